The van der Waals surface area contributed by atoms with E-state index in [9.17, 15) is 0 Å². The molecule has 0 heterocycles. The third-order valence-electron chi connectivity index (χ3n) is 5.40. The normalized spacial score (nSPS) is 11.6. The summed E-state index contributed by atoms with van der Waals surface area (Å²) in [4.78, 5) is 2.37. The Labute approximate surface area is 181 Å². The number of rotatable bonds is 25. The molecule has 0 aromatic rings. The van der Waals surface area contributed by atoms with Gasteiger partial charge in [-0.1, -0.05) is 90.4 Å². The molecule has 0 aromatic heterocycles. The Kier molecular flexibility index (Phi) is 25.7. The molecule has 0 bridgehead atoms. The molecule has 5 heteroatoms. The van der Waals surface area contributed by atoms with Gasteiger partial charge in [-0.3, -0.25) is 4.90 Å². The Morgan fingerprint density at radius 2 is 0.862 bits per heavy atom. The van der Waals surface area contributed by atoms with Gasteiger partial charge in [0.1, 0.15) is 0 Å². The molecule has 0 amide bonds. The summed E-state index contributed by atoms with van der Waals surface area (Å²) in [5, 5.41) is 17.6. The van der Waals surface area contributed by atoms with Crippen LogP contribution in [0.3, 0.4) is 0 Å². The molecule has 2 N–H and O–H groups in total. The summed E-state index contributed by atoms with van der Waals surface area (Å²) in [5.41, 5.74) is 0. The third-order valence-corrected chi connectivity index (χ3v) is 5.40. The topological polar surface area (TPSA) is 62.2 Å². The molecule has 0 unspecified atom stereocenters. The van der Waals surface area contributed by atoms with Gasteiger partial charge in [0.15, 0.2) is 0 Å². The van der Waals surface area contributed by atoms with Crippen LogP contribution in [0.1, 0.15) is 96.8 Å². The van der Waals surface area contributed by atoms with Gasteiger partial charge in [-0.2, -0.15) is 0 Å². The molecule has 176 valence electrons. The second kappa shape index (κ2) is 25.8. The quantitative estimate of drug-likeness (QED) is 0.209. The van der Waals surface area contributed by atoms with Gasteiger partial charge in [-0.15, -0.1) is 0 Å². The Hall–Kier alpha value is -0.200. The molecule has 0 saturated heterocycles. The van der Waals surface area contributed by atoms with E-state index < -0.39 is 0 Å². The summed E-state index contributed by atoms with van der Waals surface area (Å²) >= 11 is 0. The second-order valence-corrected chi connectivity index (χ2v) is 8.11. The number of hydrogen-bond acceptors (Lipinski definition) is 5. The minimum Gasteiger partial charge on any atom is -0.394 e. The number of aliphatic hydroxyl groups is 2. The molecule has 0 saturated carbocycles. The van der Waals surface area contributed by atoms with Gasteiger partial charge in [0.25, 0.3) is 0 Å². The number of unbranched alkanes of at least 4 members (excludes halogenated alkanes) is 13. The van der Waals surface area contributed by atoms with Crippen molar-refractivity contribution in [2.45, 2.75) is 96.8 Å². The first-order valence-electron chi connectivity index (χ1n) is 12.4. The highest BCUT2D eigenvalue weighted by Gasteiger charge is 2.05. The Balaban J connectivity index is 3.50. The molecule has 0 rings (SSSR count). The summed E-state index contributed by atoms with van der Waals surface area (Å²) in [6.45, 7) is 7.39. The van der Waals surface area contributed by atoms with E-state index in [-0.39, 0.29) is 13.2 Å². The van der Waals surface area contributed by atoms with Crippen LogP contribution >= 0.6 is 0 Å². The van der Waals surface area contributed by atoms with Crippen LogP contribution in [0.5, 0.6) is 0 Å². The highest BCUT2D eigenvalue weighted by Crippen LogP contribution is 2.13. The van der Waals surface area contributed by atoms with Crippen molar-refractivity contribution in [2.24, 2.45) is 0 Å². The van der Waals surface area contributed by atoms with Crippen molar-refractivity contribution in [3.63, 3.8) is 0 Å². The van der Waals surface area contributed by atoms with Crippen LogP contribution in [0.15, 0.2) is 0 Å². The van der Waals surface area contributed by atoms with Gasteiger partial charge < -0.3 is 19.7 Å². The molecule has 0 aliphatic heterocycles. The third kappa shape index (κ3) is 23.9. The van der Waals surface area contributed by atoms with Gasteiger partial charge in [-0.05, 0) is 13.0 Å². The average Bonchev–Trinajstić information content (AvgIpc) is 2.73. The maximum Gasteiger partial charge on any atom is 0.0698 e. The van der Waals surface area contributed by atoms with Crippen LogP contribution in [-0.2, 0) is 9.47 Å². The number of nitrogens with zero attached hydrogens (tertiary/aromatic N) is 1. The summed E-state index contributed by atoms with van der Waals surface area (Å²) < 4.78 is 10.8. The number of ether oxygens (including phenoxy) is 2. The summed E-state index contributed by atoms with van der Waals surface area (Å²) in [6.07, 6.45) is 19.4. The smallest absolute Gasteiger partial charge is 0.0698 e. The monoisotopic (exact) mass is 417 g/mol. The van der Waals surface area contributed by atoms with Gasteiger partial charge in [-0.25, -0.2) is 0 Å². The van der Waals surface area contributed by atoms with E-state index in [4.69, 9.17) is 19.7 Å². The maximum absolute atomic E-state index is 8.79. The Bertz CT molecular complexity index is 280. The standard InChI is InChI=1S/C24H51NO4/c1-2-3-4-5-6-7-8-9-10-11-12-13-14-15-16-25(17-21-28-23-19-26)18-22-29-24-20-27/h26-27H,2-24H2,1H3. The van der Waals surface area contributed by atoms with Crippen molar-refractivity contribution in [2.75, 3.05) is 59.3 Å². The van der Waals surface area contributed by atoms with E-state index in [0.717, 1.165) is 19.6 Å². The average molecular weight is 418 g/mol. The van der Waals surface area contributed by atoms with Crippen molar-refractivity contribution in [3.05, 3.63) is 0 Å². The first kappa shape index (κ1) is 28.8. The summed E-state index contributed by atoms with van der Waals surface area (Å²) in [7, 11) is 0. The van der Waals surface area contributed by atoms with E-state index in [1.54, 1.807) is 0 Å². The fourth-order valence-electron chi connectivity index (χ4n) is 3.59. The van der Waals surface area contributed by atoms with E-state index in [2.05, 4.69) is 11.8 Å². The van der Waals surface area contributed by atoms with Crippen LogP contribution in [-0.4, -0.2) is 74.4 Å². The Morgan fingerprint density at radius 1 is 0.483 bits per heavy atom. The lowest BCUT2D eigenvalue weighted by Gasteiger charge is -2.22. The molecule has 29 heavy (non-hydrogen) atoms. The van der Waals surface area contributed by atoms with Crippen LogP contribution in [0.25, 0.3) is 0 Å². The minimum absolute atomic E-state index is 0.0819. The van der Waals surface area contributed by atoms with E-state index in [1.807, 2.05) is 0 Å². The molecule has 0 radical (unpaired) electrons. The summed E-state index contributed by atoms with van der Waals surface area (Å²) in [6, 6.07) is 0. The van der Waals surface area contributed by atoms with Gasteiger partial charge in [0.05, 0.1) is 39.6 Å². The molecule has 0 fully saturated rings. The zero-order valence-corrected chi connectivity index (χ0v) is 19.4. The zero-order valence-electron chi connectivity index (χ0n) is 19.4. The predicted octanol–water partition coefficient (Wildman–Crippen LogP) is 4.79. The predicted molar refractivity (Wildman–Crippen MR) is 123 cm³/mol. The molecule has 0 aromatic carbocycles. The van der Waals surface area contributed by atoms with Gasteiger partial charge >= 0.3 is 0 Å². The number of hydrogen-bond donors (Lipinski definition) is 2. The van der Waals surface area contributed by atoms with Crippen molar-refractivity contribution < 1.29 is 19.7 Å². The first-order valence-corrected chi connectivity index (χ1v) is 12.4. The number of aliphatic hydroxyl groups excluding tert-OH is 2. The SMILES string of the molecule is CCCCCCCCCCCCCCCCN(CCOCCO)CCOCCO. The van der Waals surface area contributed by atoms with Crippen molar-refractivity contribution >= 4 is 0 Å². The van der Waals surface area contributed by atoms with Gasteiger partial charge in [0.2, 0.25) is 0 Å². The molecule has 0 aliphatic rings. The van der Waals surface area contributed by atoms with Gasteiger partial charge in [0, 0.05) is 13.1 Å². The molecule has 0 spiro atoms. The molecular weight excluding hydrogens is 366 g/mol. The zero-order chi connectivity index (χ0) is 21.3. The highest BCUT2D eigenvalue weighted by atomic mass is 16.5. The van der Waals surface area contributed by atoms with E-state index >= 15 is 0 Å². The lowest BCUT2D eigenvalue weighted by Crippen LogP contribution is -2.32. The Morgan fingerprint density at radius 3 is 1.24 bits per heavy atom. The fourth-order valence-corrected chi connectivity index (χ4v) is 3.59. The summed E-state index contributed by atoms with van der Waals surface area (Å²) in [5.74, 6) is 0. The molecular formula is C24H51NO4. The lowest BCUT2D eigenvalue weighted by atomic mass is 10.0. The van der Waals surface area contributed by atoms with Crippen molar-refractivity contribution in [1.82, 2.24) is 4.90 Å². The van der Waals surface area contributed by atoms with Crippen LogP contribution < -0.4 is 0 Å². The molecule has 5 nitrogen and oxygen atoms in total. The van der Waals surface area contributed by atoms with E-state index in [0.29, 0.717) is 26.4 Å². The van der Waals surface area contributed by atoms with Crippen molar-refractivity contribution in [1.29, 1.82) is 0 Å². The van der Waals surface area contributed by atoms with Crippen LogP contribution in [0.2, 0.25) is 0 Å². The van der Waals surface area contributed by atoms with Crippen molar-refractivity contribution in [3.8, 4) is 0 Å². The first-order chi connectivity index (χ1) is 14.3. The molecule has 0 aliphatic carbocycles. The maximum atomic E-state index is 8.79. The molecule has 0 atom stereocenters. The van der Waals surface area contributed by atoms with Crippen LogP contribution in [0, 0.1) is 0 Å². The minimum atomic E-state index is 0.0819. The fraction of sp³-hybridized carbons (Fsp3) is 1.00. The van der Waals surface area contributed by atoms with Crippen LogP contribution in [0.4, 0.5) is 0 Å². The second-order valence-electron chi connectivity index (χ2n) is 8.11. The largest absolute Gasteiger partial charge is 0.394 e. The van der Waals surface area contributed by atoms with E-state index in [1.165, 1.54) is 89.9 Å². The highest BCUT2D eigenvalue weighted by molar-refractivity contribution is 4.58. The lowest BCUT2D eigenvalue weighted by molar-refractivity contribution is 0.0503.